The Morgan fingerprint density at radius 3 is 2.62 bits per heavy atom. The van der Waals surface area contributed by atoms with E-state index < -0.39 is 0 Å². The minimum absolute atomic E-state index is 0.276. The first kappa shape index (κ1) is 16.4. The molecule has 1 unspecified atom stereocenters. The van der Waals surface area contributed by atoms with Crippen LogP contribution in [0.3, 0.4) is 0 Å². The Labute approximate surface area is 130 Å². The van der Waals surface area contributed by atoms with Gasteiger partial charge in [0.1, 0.15) is 0 Å². The Hall–Kier alpha value is -0.930. The molecule has 0 saturated heterocycles. The van der Waals surface area contributed by atoms with Crippen molar-refractivity contribution in [3.63, 3.8) is 0 Å². The van der Waals surface area contributed by atoms with Gasteiger partial charge in [0.25, 0.3) is 0 Å². The van der Waals surface area contributed by atoms with Crippen LogP contribution in [-0.4, -0.2) is 42.1 Å². The first-order valence-corrected chi connectivity index (χ1v) is 8.38. The van der Waals surface area contributed by atoms with Crippen molar-refractivity contribution in [2.45, 2.75) is 57.5 Å². The van der Waals surface area contributed by atoms with E-state index in [1.165, 1.54) is 31.2 Å². The lowest BCUT2D eigenvalue weighted by Gasteiger charge is -2.50. The van der Waals surface area contributed by atoms with Gasteiger partial charge in [-0.05, 0) is 70.3 Å². The van der Waals surface area contributed by atoms with E-state index in [-0.39, 0.29) is 5.54 Å². The van der Waals surface area contributed by atoms with Crippen molar-refractivity contribution in [3.8, 4) is 0 Å². The van der Waals surface area contributed by atoms with E-state index in [9.17, 15) is 0 Å². The molecular formula is C18H31N3. The molecule has 0 aliphatic heterocycles. The smallest absolute Gasteiger partial charge is 0.0359 e. The molecule has 1 saturated carbocycles. The Bertz CT molecular complexity index is 408. The summed E-state index contributed by atoms with van der Waals surface area (Å²) in [5.41, 5.74) is 1.61. The second-order valence-electron chi connectivity index (χ2n) is 6.86. The maximum atomic E-state index is 4.28. The number of hydrogen-bond donors (Lipinski definition) is 1. The van der Waals surface area contributed by atoms with Gasteiger partial charge in [-0.25, -0.2) is 0 Å². The minimum Gasteiger partial charge on any atom is -0.312 e. The molecule has 1 heterocycles. The topological polar surface area (TPSA) is 28.2 Å². The maximum absolute atomic E-state index is 4.28. The predicted octanol–water partition coefficient (Wildman–Crippen LogP) is 3.11. The molecule has 1 atom stereocenters. The number of nitrogens with zero attached hydrogens (tertiary/aromatic N) is 2. The van der Waals surface area contributed by atoms with Crippen LogP contribution in [0.5, 0.6) is 0 Å². The molecule has 2 rings (SSSR count). The molecule has 1 aliphatic carbocycles. The van der Waals surface area contributed by atoms with Crippen molar-refractivity contribution >= 4 is 0 Å². The fourth-order valence-corrected chi connectivity index (χ4v) is 3.82. The van der Waals surface area contributed by atoms with Crippen molar-refractivity contribution in [1.29, 1.82) is 0 Å². The predicted molar refractivity (Wildman–Crippen MR) is 89.5 cm³/mol. The van der Waals surface area contributed by atoms with Crippen LogP contribution in [0.25, 0.3) is 0 Å². The van der Waals surface area contributed by atoms with Crippen LogP contribution in [0, 0.1) is 5.92 Å². The van der Waals surface area contributed by atoms with Gasteiger partial charge in [-0.3, -0.25) is 4.98 Å². The highest BCUT2D eigenvalue weighted by atomic mass is 15.2. The van der Waals surface area contributed by atoms with Crippen molar-refractivity contribution in [2.24, 2.45) is 5.92 Å². The molecule has 0 spiro atoms. The van der Waals surface area contributed by atoms with Gasteiger partial charge in [-0.1, -0.05) is 19.9 Å². The highest BCUT2D eigenvalue weighted by Gasteiger charge is 2.42. The molecule has 1 fully saturated rings. The second-order valence-corrected chi connectivity index (χ2v) is 6.86. The van der Waals surface area contributed by atoms with E-state index in [0.717, 1.165) is 18.9 Å². The fraction of sp³-hybridized carbons (Fsp3) is 0.722. The van der Waals surface area contributed by atoms with Gasteiger partial charge in [0.05, 0.1) is 0 Å². The van der Waals surface area contributed by atoms with Gasteiger partial charge in [0.2, 0.25) is 0 Å². The van der Waals surface area contributed by atoms with E-state index in [1.807, 2.05) is 18.5 Å². The van der Waals surface area contributed by atoms with Gasteiger partial charge in [0, 0.05) is 24.0 Å². The second kappa shape index (κ2) is 7.37. The molecule has 118 valence electrons. The summed E-state index contributed by atoms with van der Waals surface area (Å²) in [5.74, 6) is 0.874. The summed E-state index contributed by atoms with van der Waals surface area (Å²) in [6, 6.07) is 4.74. The third-order valence-electron chi connectivity index (χ3n) is 5.29. The van der Waals surface area contributed by atoms with Gasteiger partial charge < -0.3 is 10.2 Å². The summed E-state index contributed by atoms with van der Waals surface area (Å²) >= 11 is 0. The van der Waals surface area contributed by atoms with Gasteiger partial charge in [-0.15, -0.1) is 0 Å². The summed E-state index contributed by atoms with van der Waals surface area (Å²) in [7, 11) is 4.51. The minimum atomic E-state index is 0.276. The van der Waals surface area contributed by atoms with E-state index >= 15 is 0 Å². The molecule has 1 aromatic rings. The Kier molecular flexibility index (Phi) is 5.77. The molecule has 1 aliphatic rings. The normalized spacial score (nSPS) is 27.8. The molecule has 21 heavy (non-hydrogen) atoms. The molecule has 1 N–H and O–H groups in total. The van der Waals surface area contributed by atoms with Crippen LogP contribution in [0.1, 0.15) is 45.1 Å². The monoisotopic (exact) mass is 289 g/mol. The van der Waals surface area contributed by atoms with Gasteiger partial charge in [-0.2, -0.15) is 0 Å². The number of nitrogens with one attached hydrogen (secondary N) is 1. The maximum Gasteiger partial charge on any atom is 0.0359 e. The fourth-order valence-electron chi connectivity index (χ4n) is 3.82. The standard InChI is InChI=1S/C18H31N3/c1-5-20-17(13-16-7-6-12-19-14-16)18(21(3)4)10-8-15(2)9-11-18/h6-7,12,14-15,17,20H,5,8-11,13H2,1-4H3. The average Bonchev–Trinajstić information content (AvgIpc) is 2.49. The van der Waals surface area contributed by atoms with E-state index in [0.29, 0.717) is 6.04 Å². The lowest BCUT2D eigenvalue weighted by molar-refractivity contribution is 0.0440. The highest BCUT2D eigenvalue weighted by Crippen LogP contribution is 2.38. The molecule has 3 nitrogen and oxygen atoms in total. The number of pyridine rings is 1. The SMILES string of the molecule is CCNC(Cc1cccnc1)C1(N(C)C)CCC(C)CC1. The summed E-state index contributed by atoms with van der Waals surface area (Å²) in [6.45, 7) is 5.63. The lowest BCUT2D eigenvalue weighted by atomic mass is 9.70. The van der Waals surface area contributed by atoms with Crippen molar-refractivity contribution in [2.75, 3.05) is 20.6 Å². The van der Waals surface area contributed by atoms with Crippen LogP contribution in [0.4, 0.5) is 0 Å². The zero-order chi connectivity index (χ0) is 15.3. The van der Waals surface area contributed by atoms with Crippen LogP contribution < -0.4 is 5.32 Å². The quantitative estimate of drug-likeness (QED) is 0.872. The number of aromatic nitrogens is 1. The molecule has 0 bridgehead atoms. The molecule has 1 aromatic heterocycles. The third kappa shape index (κ3) is 3.83. The number of rotatable bonds is 6. The van der Waals surface area contributed by atoms with E-state index in [4.69, 9.17) is 0 Å². The average molecular weight is 289 g/mol. The van der Waals surface area contributed by atoms with Crippen molar-refractivity contribution < 1.29 is 0 Å². The van der Waals surface area contributed by atoms with Gasteiger partial charge >= 0.3 is 0 Å². The van der Waals surface area contributed by atoms with Crippen molar-refractivity contribution in [3.05, 3.63) is 30.1 Å². The Morgan fingerprint density at radius 1 is 1.38 bits per heavy atom. The van der Waals surface area contributed by atoms with Crippen LogP contribution in [0.2, 0.25) is 0 Å². The summed E-state index contributed by atoms with van der Waals surface area (Å²) in [4.78, 5) is 6.76. The molecule has 0 radical (unpaired) electrons. The van der Waals surface area contributed by atoms with E-state index in [1.54, 1.807) is 0 Å². The number of hydrogen-bond acceptors (Lipinski definition) is 3. The lowest BCUT2D eigenvalue weighted by Crippen LogP contribution is -2.61. The molecular weight excluding hydrogens is 258 g/mol. The van der Waals surface area contributed by atoms with Crippen molar-refractivity contribution in [1.82, 2.24) is 15.2 Å². The summed E-state index contributed by atoms with van der Waals surface area (Å²) < 4.78 is 0. The molecule has 3 heteroatoms. The summed E-state index contributed by atoms with van der Waals surface area (Å²) in [6.07, 6.45) is 10.2. The van der Waals surface area contributed by atoms with Crippen LogP contribution in [-0.2, 0) is 6.42 Å². The number of likely N-dealkylation sites (N-methyl/N-ethyl adjacent to an activating group) is 2. The third-order valence-corrected chi connectivity index (χ3v) is 5.29. The first-order valence-electron chi connectivity index (χ1n) is 8.38. The highest BCUT2D eigenvalue weighted by molar-refractivity contribution is 5.14. The summed E-state index contributed by atoms with van der Waals surface area (Å²) in [5, 5.41) is 3.77. The molecule has 0 amide bonds. The zero-order valence-corrected chi connectivity index (χ0v) is 14.1. The van der Waals surface area contributed by atoms with Gasteiger partial charge in [0.15, 0.2) is 0 Å². The van der Waals surface area contributed by atoms with E-state index in [2.05, 4.69) is 49.2 Å². The molecule has 0 aromatic carbocycles. The zero-order valence-electron chi connectivity index (χ0n) is 14.1. The Morgan fingerprint density at radius 2 is 2.10 bits per heavy atom. The first-order chi connectivity index (χ1) is 10.1. The van der Waals surface area contributed by atoms with Crippen LogP contribution in [0.15, 0.2) is 24.5 Å². The van der Waals surface area contributed by atoms with Crippen LogP contribution >= 0.6 is 0 Å². The largest absolute Gasteiger partial charge is 0.312 e. The Balaban J connectivity index is 2.20.